The van der Waals surface area contributed by atoms with E-state index < -0.39 is 0 Å². The van der Waals surface area contributed by atoms with Crippen LogP contribution in [0.25, 0.3) is 23.3 Å². The lowest BCUT2D eigenvalue weighted by Crippen LogP contribution is -1.95. The topological polar surface area (TPSA) is 29.5 Å². The van der Waals surface area contributed by atoms with E-state index in [1.54, 1.807) is 13.8 Å². The highest BCUT2D eigenvalue weighted by Crippen LogP contribution is 2.36. The van der Waals surface area contributed by atoms with E-state index in [-0.39, 0.29) is 6.10 Å². The van der Waals surface area contributed by atoms with E-state index in [1.165, 1.54) is 54.6 Å². The molecule has 2 nitrogen and oxygen atoms in total. The first-order chi connectivity index (χ1) is 16.2. The van der Waals surface area contributed by atoms with Gasteiger partial charge in [0, 0.05) is 9.50 Å². The lowest BCUT2D eigenvalue weighted by atomic mass is 9.96. The highest BCUT2D eigenvalue weighted by molar-refractivity contribution is 9.10. The Balaban J connectivity index is 0.000000166. The van der Waals surface area contributed by atoms with Gasteiger partial charge in [0.05, 0.1) is 6.10 Å². The third-order valence-corrected chi connectivity index (χ3v) is 6.56. The Labute approximate surface area is 217 Å². The van der Waals surface area contributed by atoms with Gasteiger partial charge in [0.1, 0.15) is 0 Å². The van der Waals surface area contributed by atoms with E-state index in [2.05, 4.69) is 102 Å². The average molecular weight is 540 g/mol. The van der Waals surface area contributed by atoms with Crippen LogP contribution in [0.4, 0.5) is 0 Å². The van der Waals surface area contributed by atoms with Gasteiger partial charge in [0.25, 0.3) is 0 Å². The summed E-state index contributed by atoms with van der Waals surface area (Å²) < 4.78 is 1.26. The standard InChI is InChI=1S/C16H13Cl.C11H11Br.C3H8O2/c1-11-7-13-9-14(17)10-16(15(13)8-11)12-5-3-2-4-6-12;1-7-3-9-4-8(2)6-11(12)10(9)5-7;1-3(2)5-4/h2-7,9-10H,8H2,1H3;3-4,6H,5H2,1-2H3;3-4H,1-2H3. The molecule has 0 saturated heterocycles. The maximum absolute atomic E-state index is 7.64. The van der Waals surface area contributed by atoms with E-state index in [1.807, 2.05) is 6.07 Å². The Bertz CT molecular complexity index is 1210. The number of hydrogen-bond acceptors (Lipinski definition) is 2. The number of benzene rings is 3. The van der Waals surface area contributed by atoms with Crippen LogP contribution in [0.15, 0.2) is 70.2 Å². The second-order valence-corrected chi connectivity index (χ2v) is 10.5. The van der Waals surface area contributed by atoms with Gasteiger partial charge in [-0.05, 0) is 105 Å². The molecular weight excluding hydrogens is 508 g/mol. The Kier molecular flexibility index (Phi) is 9.32. The molecule has 0 aliphatic heterocycles. The van der Waals surface area contributed by atoms with Crippen molar-refractivity contribution >= 4 is 39.7 Å². The summed E-state index contributed by atoms with van der Waals surface area (Å²) in [6, 6.07) is 19.0. The van der Waals surface area contributed by atoms with Crippen molar-refractivity contribution in [1.82, 2.24) is 0 Å². The van der Waals surface area contributed by atoms with E-state index in [9.17, 15) is 0 Å². The van der Waals surface area contributed by atoms with Crippen LogP contribution in [0.1, 0.15) is 55.5 Å². The Morgan fingerprint density at radius 3 is 2.00 bits per heavy atom. The summed E-state index contributed by atoms with van der Waals surface area (Å²) in [6.45, 7) is 9.98. The lowest BCUT2D eigenvalue weighted by molar-refractivity contribution is -0.269. The highest BCUT2D eigenvalue weighted by Gasteiger charge is 2.16. The van der Waals surface area contributed by atoms with Gasteiger partial charge in [-0.2, -0.15) is 0 Å². The number of allylic oxidation sites excluding steroid dienone is 2. The molecule has 2 aliphatic rings. The summed E-state index contributed by atoms with van der Waals surface area (Å²) in [5.74, 6) is 0. The van der Waals surface area contributed by atoms with Gasteiger partial charge >= 0.3 is 0 Å². The first kappa shape index (κ1) is 26.4. The van der Waals surface area contributed by atoms with Crippen LogP contribution in [-0.2, 0) is 17.7 Å². The molecule has 0 unspecified atom stereocenters. The Hall–Kier alpha value is -2.17. The van der Waals surface area contributed by atoms with Crippen molar-refractivity contribution in [3.63, 3.8) is 0 Å². The minimum Gasteiger partial charge on any atom is -0.252 e. The van der Waals surface area contributed by atoms with Crippen molar-refractivity contribution in [1.29, 1.82) is 0 Å². The SMILES string of the molecule is CC(C)OO.CC1=Cc2cc(C)cc(Br)c2C1.CC1=Cc2cc(Cl)cc(-c3ccccc3)c2C1. The van der Waals surface area contributed by atoms with Crippen molar-refractivity contribution in [2.45, 2.75) is 53.6 Å². The molecule has 0 atom stereocenters. The Morgan fingerprint density at radius 1 is 0.853 bits per heavy atom. The van der Waals surface area contributed by atoms with Crippen molar-refractivity contribution < 1.29 is 10.1 Å². The molecule has 0 aromatic heterocycles. The molecule has 3 aromatic carbocycles. The van der Waals surface area contributed by atoms with Crippen LogP contribution in [0.2, 0.25) is 5.02 Å². The maximum Gasteiger partial charge on any atom is 0.0871 e. The molecule has 3 aromatic rings. The first-order valence-electron chi connectivity index (χ1n) is 11.5. The molecule has 178 valence electrons. The largest absolute Gasteiger partial charge is 0.252 e. The van der Waals surface area contributed by atoms with Gasteiger partial charge in [-0.1, -0.05) is 87.2 Å². The van der Waals surface area contributed by atoms with Gasteiger partial charge in [0.15, 0.2) is 0 Å². The van der Waals surface area contributed by atoms with Crippen molar-refractivity contribution in [2.24, 2.45) is 0 Å². The zero-order valence-electron chi connectivity index (χ0n) is 20.5. The predicted molar refractivity (Wildman–Crippen MR) is 149 cm³/mol. The molecule has 0 saturated carbocycles. The van der Waals surface area contributed by atoms with Crippen LogP contribution >= 0.6 is 27.5 Å². The summed E-state index contributed by atoms with van der Waals surface area (Å²) in [5, 5.41) is 8.46. The van der Waals surface area contributed by atoms with E-state index in [0.717, 1.165) is 17.9 Å². The van der Waals surface area contributed by atoms with Gasteiger partial charge in [-0.3, -0.25) is 5.26 Å². The molecule has 0 radical (unpaired) electrons. The molecule has 0 bridgehead atoms. The molecule has 0 amide bonds. The summed E-state index contributed by atoms with van der Waals surface area (Å²) >= 11 is 9.79. The third-order valence-electron chi connectivity index (χ3n) is 5.63. The van der Waals surface area contributed by atoms with Gasteiger partial charge in [-0.25, -0.2) is 4.89 Å². The van der Waals surface area contributed by atoms with Crippen LogP contribution < -0.4 is 0 Å². The zero-order chi connectivity index (χ0) is 24.8. The van der Waals surface area contributed by atoms with Crippen LogP contribution in [0, 0.1) is 6.92 Å². The molecule has 0 spiro atoms. The molecule has 4 heteroatoms. The van der Waals surface area contributed by atoms with Gasteiger partial charge in [0.2, 0.25) is 0 Å². The first-order valence-corrected chi connectivity index (χ1v) is 12.7. The van der Waals surface area contributed by atoms with Crippen molar-refractivity contribution in [3.05, 3.63) is 103 Å². The number of hydrogen-bond donors (Lipinski definition) is 1. The maximum atomic E-state index is 7.64. The molecular formula is C30H32BrClO2. The summed E-state index contributed by atoms with van der Waals surface area (Å²) in [4.78, 5) is 3.75. The number of fused-ring (bicyclic) bond motifs is 2. The summed E-state index contributed by atoms with van der Waals surface area (Å²) in [7, 11) is 0. The minimum absolute atomic E-state index is 0.0602. The lowest BCUT2D eigenvalue weighted by Gasteiger charge is -2.10. The quantitative estimate of drug-likeness (QED) is 0.259. The minimum atomic E-state index is -0.0602. The van der Waals surface area contributed by atoms with Crippen LogP contribution in [-0.4, -0.2) is 11.4 Å². The molecule has 34 heavy (non-hydrogen) atoms. The molecule has 0 heterocycles. The highest BCUT2D eigenvalue weighted by atomic mass is 79.9. The van der Waals surface area contributed by atoms with Gasteiger partial charge in [-0.15, -0.1) is 0 Å². The summed E-state index contributed by atoms with van der Waals surface area (Å²) in [5.41, 5.74) is 12.2. The van der Waals surface area contributed by atoms with Crippen molar-refractivity contribution in [3.8, 4) is 11.1 Å². The fourth-order valence-corrected chi connectivity index (χ4v) is 5.12. The van der Waals surface area contributed by atoms with E-state index >= 15 is 0 Å². The molecule has 1 N–H and O–H groups in total. The molecule has 5 rings (SSSR count). The Morgan fingerprint density at radius 2 is 1.41 bits per heavy atom. The third kappa shape index (κ3) is 6.93. The fraction of sp³-hybridized carbons (Fsp3) is 0.267. The average Bonchev–Trinajstić information content (AvgIpc) is 3.35. The predicted octanol–water partition coefficient (Wildman–Crippen LogP) is 9.57. The van der Waals surface area contributed by atoms with E-state index in [4.69, 9.17) is 16.9 Å². The molecule has 0 fully saturated rings. The monoisotopic (exact) mass is 538 g/mol. The molecule has 2 aliphatic carbocycles. The summed E-state index contributed by atoms with van der Waals surface area (Å²) in [6.07, 6.45) is 6.59. The van der Waals surface area contributed by atoms with Crippen LogP contribution in [0.5, 0.6) is 0 Å². The smallest absolute Gasteiger partial charge is 0.0871 e. The normalized spacial score (nSPS) is 13.2. The fourth-order valence-electron chi connectivity index (χ4n) is 4.16. The van der Waals surface area contributed by atoms with Crippen LogP contribution in [0.3, 0.4) is 0 Å². The number of aryl methyl sites for hydroxylation is 1. The van der Waals surface area contributed by atoms with Gasteiger partial charge < -0.3 is 0 Å². The zero-order valence-corrected chi connectivity index (χ0v) is 22.8. The van der Waals surface area contributed by atoms with Crippen molar-refractivity contribution in [2.75, 3.05) is 0 Å². The second-order valence-electron chi connectivity index (χ2n) is 9.19. The second kappa shape index (κ2) is 12.0. The number of rotatable bonds is 2. The van der Waals surface area contributed by atoms with E-state index in [0.29, 0.717) is 0 Å². The number of halogens is 2.